The van der Waals surface area contributed by atoms with E-state index in [0.29, 0.717) is 23.3 Å². The number of rotatable bonds is 4. The molecule has 104 valence electrons. The Morgan fingerprint density at radius 2 is 2.32 bits per heavy atom. The van der Waals surface area contributed by atoms with Gasteiger partial charge in [0, 0.05) is 23.7 Å². The summed E-state index contributed by atoms with van der Waals surface area (Å²) in [6, 6.07) is 5.02. The van der Waals surface area contributed by atoms with Crippen LogP contribution in [-0.2, 0) is 0 Å². The van der Waals surface area contributed by atoms with E-state index in [-0.39, 0.29) is 10.6 Å². The van der Waals surface area contributed by atoms with E-state index in [4.69, 9.17) is 11.6 Å². The largest absolute Gasteiger partial charge is 0.378 e. The zero-order valence-corrected chi connectivity index (χ0v) is 11.7. The lowest BCUT2D eigenvalue weighted by Crippen LogP contribution is -2.40. The van der Waals surface area contributed by atoms with Crippen molar-refractivity contribution >= 4 is 23.0 Å². The molecule has 1 aromatic rings. The van der Waals surface area contributed by atoms with Crippen LogP contribution < -0.4 is 5.32 Å². The minimum atomic E-state index is -0.386. The monoisotopic (exact) mass is 283 g/mol. The van der Waals surface area contributed by atoms with Crippen LogP contribution in [0.2, 0.25) is 5.02 Å². The molecule has 1 heterocycles. The van der Waals surface area contributed by atoms with E-state index in [9.17, 15) is 10.1 Å². The molecule has 0 bridgehead atoms. The molecule has 1 atom stereocenters. The summed E-state index contributed by atoms with van der Waals surface area (Å²) in [4.78, 5) is 12.9. The van der Waals surface area contributed by atoms with Gasteiger partial charge in [-0.2, -0.15) is 0 Å². The highest BCUT2D eigenvalue weighted by atomic mass is 35.5. The Morgan fingerprint density at radius 1 is 1.53 bits per heavy atom. The summed E-state index contributed by atoms with van der Waals surface area (Å²) >= 11 is 5.90. The summed E-state index contributed by atoms with van der Waals surface area (Å²) in [6.07, 6.45) is 3.57. The van der Waals surface area contributed by atoms with E-state index in [2.05, 4.69) is 17.3 Å². The van der Waals surface area contributed by atoms with Crippen LogP contribution in [0.15, 0.2) is 18.2 Å². The Hall–Kier alpha value is -1.33. The van der Waals surface area contributed by atoms with Crippen LogP contribution in [0.3, 0.4) is 0 Å². The second-order valence-corrected chi connectivity index (χ2v) is 5.37. The Morgan fingerprint density at radius 3 is 3.00 bits per heavy atom. The van der Waals surface area contributed by atoms with E-state index in [1.807, 2.05) is 0 Å². The van der Waals surface area contributed by atoms with Crippen molar-refractivity contribution in [3.05, 3.63) is 33.3 Å². The van der Waals surface area contributed by atoms with Crippen LogP contribution in [0, 0.1) is 10.1 Å². The van der Waals surface area contributed by atoms with E-state index < -0.39 is 0 Å². The molecular weight excluding hydrogens is 266 g/mol. The smallest absolute Gasteiger partial charge is 0.292 e. The lowest BCUT2D eigenvalue weighted by atomic mass is 10.0. The number of nitrogens with one attached hydrogen (secondary N) is 1. The van der Waals surface area contributed by atoms with Gasteiger partial charge in [0.15, 0.2) is 0 Å². The van der Waals surface area contributed by atoms with Crippen LogP contribution in [0.5, 0.6) is 0 Å². The average Bonchev–Trinajstić information content (AvgIpc) is 2.37. The highest BCUT2D eigenvalue weighted by Crippen LogP contribution is 2.28. The highest BCUT2D eigenvalue weighted by Gasteiger charge is 2.20. The van der Waals surface area contributed by atoms with Crippen molar-refractivity contribution in [1.82, 2.24) is 4.90 Å². The van der Waals surface area contributed by atoms with Crippen molar-refractivity contribution in [1.29, 1.82) is 0 Å². The van der Waals surface area contributed by atoms with Gasteiger partial charge in [0.05, 0.1) is 4.92 Å². The Labute approximate surface area is 117 Å². The summed E-state index contributed by atoms with van der Waals surface area (Å²) in [5.74, 6) is 0. The van der Waals surface area contributed by atoms with Crippen molar-refractivity contribution in [3.8, 4) is 0 Å². The number of nitrogens with zero attached hydrogens (tertiary/aromatic N) is 2. The molecule has 0 spiro atoms. The summed E-state index contributed by atoms with van der Waals surface area (Å²) < 4.78 is 0. The molecule has 0 amide bonds. The standard InChI is InChI=1S/C13H18ClN3O2/c1-16-7-3-2-4-11(16)9-15-12-8-10(14)5-6-13(12)17(18)19/h5-6,8,11,15H,2-4,7,9H2,1H3. The van der Waals surface area contributed by atoms with Crippen molar-refractivity contribution < 1.29 is 4.92 Å². The molecule has 1 aliphatic heterocycles. The normalized spacial score (nSPS) is 20.2. The van der Waals surface area contributed by atoms with Crippen LogP contribution in [0.1, 0.15) is 19.3 Å². The predicted octanol–water partition coefficient (Wildman–Crippen LogP) is 3.14. The van der Waals surface area contributed by atoms with Gasteiger partial charge in [0.2, 0.25) is 0 Å². The highest BCUT2D eigenvalue weighted by molar-refractivity contribution is 6.31. The minimum absolute atomic E-state index is 0.0721. The van der Waals surface area contributed by atoms with Crippen molar-refractivity contribution in [3.63, 3.8) is 0 Å². The molecule has 6 heteroatoms. The van der Waals surface area contributed by atoms with Crippen LogP contribution in [0.4, 0.5) is 11.4 Å². The number of piperidine rings is 1. The predicted molar refractivity (Wildman–Crippen MR) is 76.9 cm³/mol. The summed E-state index contributed by atoms with van der Waals surface area (Å²) in [6.45, 7) is 1.79. The number of nitro benzene ring substituents is 1. The lowest BCUT2D eigenvalue weighted by Gasteiger charge is -2.32. The molecular formula is C13H18ClN3O2. The van der Waals surface area contributed by atoms with Gasteiger partial charge >= 0.3 is 0 Å². The Bertz CT molecular complexity index is 467. The molecule has 0 saturated carbocycles. The zero-order chi connectivity index (χ0) is 13.8. The fourth-order valence-electron chi connectivity index (χ4n) is 2.44. The van der Waals surface area contributed by atoms with Gasteiger partial charge in [0.25, 0.3) is 5.69 Å². The molecule has 1 unspecified atom stereocenters. The molecule has 0 aliphatic carbocycles. The third-order valence-corrected chi connectivity index (χ3v) is 3.84. The second kappa shape index (κ2) is 6.21. The van der Waals surface area contributed by atoms with Crippen molar-refractivity contribution in [2.24, 2.45) is 0 Å². The van der Waals surface area contributed by atoms with Gasteiger partial charge in [-0.25, -0.2) is 0 Å². The number of hydrogen-bond acceptors (Lipinski definition) is 4. The number of anilines is 1. The number of likely N-dealkylation sites (tertiary alicyclic amines) is 1. The van der Waals surface area contributed by atoms with Gasteiger partial charge in [-0.1, -0.05) is 18.0 Å². The Balaban J connectivity index is 2.05. The van der Waals surface area contributed by atoms with Gasteiger partial charge in [-0.15, -0.1) is 0 Å². The first-order valence-corrected chi connectivity index (χ1v) is 6.84. The summed E-state index contributed by atoms with van der Waals surface area (Å²) in [5.41, 5.74) is 0.569. The fourth-order valence-corrected chi connectivity index (χ4v) is 2.61. The number of hydrogen-bond donors (Lipinski definition) is 1. The quantitative estimate of drug-likeness (QED) is 0.681. The molecule has 5 nitrogen and oxygen atoms in total. The van der Waals surface area contributed by atoms with Crippen LogP contribution in [0.25, 0.3) is 0 Å². The molecule has 2 rings (SSSR count). The fraction of sp³-hybridized carbons (Fsp3) is 0.538. The summed E-state index contributed by atoms with van der Waals surface area (Å²) in [7, 11) is 2.10. The van der Waals surface area contributed by atoms with Gasteiger partial charge in [0.1, 0.15) is 5.69 Å². The van der Waals surface area contributed by atoms with Gasteiger partial charge < -0.3 is 10.2 Å². The SMILES string of the molecule is CN1CCCCC1CNc1cc(Cl)ccc1[N+](=O)[O-]. The van der Waals surface area contributed by atoms with E-state index in [1.54, 1.807) is 6.07 Å². The third kappa shape index (κ3) is 3.58. The van der Waals surface area contributed by atoms with Crippen LogP contribution in [-0.4, -0.2) is 36.0 Å². The van der Waals surface area contributed by atoms with E-state index in [0.717, 1.165) is 13.0 Å². The number of halogens is 1. The third-order valence-electron chi connectivity index (χ3n) is 3.60. The first kappa shape index (κ1) is 14.1. The molecule has 1 aliphatic rings. The van der Waals surface area contributed by atoms with Gasteiger partial charge in [-0.3, -0.25) is 10.1 Å². The topological polar surface area (TPSA) is 58.4 Å². The maximum absolute atomic E-state index is 11.0. The molecule has 1 N–H and O–H groups in total. The van der Waals surface area contributed by atoms with Crippen LogP contribution >= 0.6 is 11.6 Å². The van der Waals surface area contributed by atoms with Crippen molar-refractivity contribution in [2.45, 2.75) is 25.3 Å². The molecule has 1 aromatic carbocycles. The molecule has 1 saturated heterocycles. The molecule has 0 aromatic heterocycles. The lowest BCUT2D eigenvalue weighted by molar-refractivity contribution is -0.384. The molecule has 1 fully saturated rings. The first-order chi connectivity index (χ1) is 9.08. The minimum Gasteiger partial charge on any atom is -0.378 e. The number of likely N-dealkylation sites (N-methyl/N-ethyl adjacent to an activating group) is 1. The van der Waals surface area contributed by atoms with E-state index >= 15 is 0 Å². The first-order valence-electron chi connectivity index (χ1n) is 6.46. The summed E-state index contributed by atoms with van der Waals surface area (Å²) in [5, 5.41) is 14.6. The molecule has 0 radical (unpaired) electrons. The van der Waals surface area contributed by atoms with Gasteiger partial charge in [-0.05, 0) is 38.6 Å². The number of benzene rings is 1. The number of nitro groups is 1. The maximum Gasteiger partial charge on any atom is 0.292 e. The van der Waals surface area contributed by atoms with E-state index in [1.165, 1.54) is 25.0 Å². The average molecular weight is 284 g/mol. The van der Waals surface area contributed by atoms with Crippen molar-refractivity contribution in [2.75, 3.05) is 25.5 Å². The molecule has 19 heavy (non-hydrogen) atoms. The Kier molecular flexibility index (Phi) is 4.61. The second-order valence-electron chi connectivity index (χ2n) is 4.93. The maximum atomic E-state index is 11.0. The zero-order valence-electron chi connectivity index (χ0n) is 10.9.